The van der Waals surface area contributed by atoms with Gasteiger partial charge in [-0.1, -0.05) is 13.0 Å². The Bertz CT molecular complexity index is 614. The monoisotopic (exact) mass is 291 g/mol. The Balaban J connectivity index is 2.24. The minimum atomic E-state index is -0.358. The van der Waals surface area contributed by atoms with Crippen molar-refractivity contribution in [3.8, 4) is 11.5 Å². The van der Waals surface area contributed by atoms with E-state index in [1.165, 1.54) is 24.3 Å². The van der Waals surface area contributed by atoms with Crippen LogP contribution >= 0.6 is 0 Å². The summed E-state index contributed by atoms with van der Waals surface area (Å²) in [5.74, 6) is 0.307. The SMILES string of the molecule is CCCNCc1cc(F)ccc1Oc1cc(F)ccc1C. The number of rotatable bonds is 6. The van der Waals surface area contributed by atoms with Gasteiger partial charge in [-0.05, 0) is 49.7 Å². The van der Waals surface area contributed by atoms with Crippen molar-refractivity contribution in [2.75, 3.05) is 6.54 Å². The summed E-state index contributed by atoms with van der Waals surface area (Å²) in [6, 6.07) is 8.73. The van der Waals surface area contributed by atoms with Gasteiger partial charge in [-0.3, -0.25) is 0 Å². The number of hydrogen-bond donors (Lipinski definition) is 1. The van der Waals surface area contributed by atoms with Crippen LogP contribution in [0.2, 0.25) is 0 Å². The molecule has 0 saturated heterocycles. The first kappa shape index (κ1) is 15.4. The molecule has 0 unspecified atom stereocenters. The fourth-order valence-corrected chi connectivity index (χ4v) is 1.99. The fourth-order valence-electron chi connectivity index (χ4n) is 1.99. The molecule has 21 heavy (non-hydrogen) atoms. The number of ether oxygens (including phenoxy) is 1. The summed E-state index contributed by atoms with van der Waals surface area (Å²) in [7, 11) is 0. The molecule has 0 spiro atoms. The van der Waals surface area contributed by atoms with Crippen LogP contribution in [0.25, 0.3) is 0 Å². The quantitative estimate of drug-likeness (QED) is 0.787. The molecule has 2 rings (SSSR count). The van der Waals surface area contributed by atoms with Gasteiger partial charge >= 0.3 is 0 Å². The van der Waals surface area contributed by atoms with Gasteiger partial charge in [0.15, 0.2) is 0 Å². The van der Waals surface area contributed by atoms with E-state index in [2.05, 4.69) is 12.2 Å². The molecule has 2 aromatic rings. The second-order valence-corrected chi connectivity index (χ2v) is 4.94. The van der Waals surface area contributed by atoms with Crippen LogP contribution in [-0.2, 0) is 6.54 Å². The Kier molecular flexibility index (Phi) is 5.28. The Hall–Kier alpha value is -1.94. The van der Waals surface area contributed by atoms with Crippen LogP contribution in [0.15, 0.2) is 36.4 Å². The van der Waals surface area contributed by atoms with Crippen molar-refractivity contribution in [2.24, 2.45) is 0 Å². The molecule has 0 aromatic heterocycles. The molecule has 0 aliphatic heterocycles. The molecule has 0 atom stereocenters. The Labute approximate surface area is 123 Å². The summed E-state index contributed by atoms with van der Waals surface area (Å²) in [4.78, 5) is 0. The lowest BCUT2D eigenvalue weighted by atomic mass is 10.1. The number of aryl methyl sites for hydroxylation is 1. The molecule has 0 aliphatic rings. The number of hydrogen-bond acceptors (Lipinski definition) is 2. The summed E-state index contributed by atoms with van der Waals surface area (Å²) < 4.78 is 32.5. The number of nitrogens with one attached hydrogen (secondary N) is 1. The van der Waals surface area contributed by atoms with E-state index in [9.17, 15) is 8.78 Å². The summed E-state index contributed by atoms with van der Waals surface area (Å²) in [6.45, 7) is 5.25. The smallest absolute Gasteiger partial charge is 0.133 e. The average Bonchev–Trinajstić information content (AvgIpc) is 2.46. The summed E-state index contributed by atoms with van der Waals surface area (Å²) in [5.41, 5.74) is 1.54. The standard InChI is InChI=1S/C17H19F2NO/c1-3-8-20-11-13-9-14(18)6-7-16(13)21-17-10-15(19)5-4-12(17)2/h4-7,9-10,20H,3,8,11H2,1-2H3. The molecule has 0 fully saturated rings. The van der Waals surface area contributed by atoms with Crippen molar-refractivity contribution in [1.29, 1.82) is 0 Å². The third kappa shape index (κ3) is 4.26. The molecule has 0 saturated carbocycles. The lowest BCUT2D eigenvalue weighted by Gasteiger charge is -2.13. The van der Waals surface area contributed by atoms with E-state index in [4.69, 9.17) is 4.74 Å². The third-order valence-corrected chi connectivity index (χ3v) is 3.13. The van der Waals surface area contributed by atoms with Crippen LogP contribution in [0, 0.1) is 18.6 Å². The fraction of sp³-hybridized carbons (Fsp3) is 0.294. The Morgan fingerprint density at radius 2 is 1.71 bits per heavy atom. The van der Waals surface area contributed by atoms with Gasteiger partial charge in [0, 0.05) is 18.2 Å². The van der Waals surface area contributed by atoms with Crippen LogP contribution in [0.1, 0.15) is 24.5 Å². The lowest BCUT2D eigenvalue weighted by molar-refractivity contribution is 0.461. The van der Waals surface area contributed by atoms with Gasteiger partial charge in [-0.15, -0.1) is 0 Å². The molecule has 2 nitrogen and oxygen atoms in total. The van der Waals surface area contributed by atoms with Gasteiger partial charge < -0.3 is 10.1 Å². The zero-order valence-corrected chi connectivity index (χ0v) is 12.2. The molecule has 0 radical (unpaired) electrons. The van der Waals surface area contributed by atoms with Crippen LogP contribution in [0.4, 0.5) is 8.78 Å². The van der Waals surface area contributed by atoms with Crippen molar-refractivity contribution < 1.29 is 13.5 Å². The minimum Gasteiger partial charge on any atom is -0.457 e. The zero-order chi connectivity index (χ0) is 15.2. The van der Waals surface area contributed by atoms with Crippen LogP contribution in [-0.4, -0.2) is 6.54 Å². The van der Waals surface area contributed by atoms with E-state index < -0.39 is 0 Å². The molecule has 112 valence electrons. The van der Waals surface area contributed by atoms with Crippen molar-refractivity contribution in [1.82, 2.24) is 5.32 Å². The second-order valence-electron chi connectivity index (χ2n) is 4.94. The molecule has 0 amide bonds. The highest BCUT2D eigenvalue weighted by Crippen LogP contribution is 2.29. The molecule has 0 heterocycles. The van der Waals surface area contributed by atoms with Gasteiger partial charge in [0.25, 0.3) is 0 Å². The van der Waals surface area contributed by atoms with Crippen molar-refractivity contribution in [3.63, 3.8) is 0 Å². The van der Waals surface area contributed by atoms with Gasteiger partial charge in [-0.2, -0.15) is 0 Å². The van der Waals surface area contributed by atoms with E-state index in [-0.39, 0.29) is 11.6 Å². The van der Waals surface area contributed by atoms with E-state index in [1.807, 2.05) is 6.92 Å². The maximum Gasteiger partial charge on any atom is 0.133 e. The average molecular weight is 291 g/mol. The third-order valence-electron chi connectivity index (χ3n) is 3.13. The van der Waals surface area contributed by atoms with E-state index in [0.29, 0.717) is 23.6 Å². The highest BCUT2D eigenvalue weighted by Gasteiger charge is 2.09. The topological polar surface area (TPSA) is 21.3 Å². The van der Waals surface area contributed by atoms with Gasteiger partial charge in [0.2, 0.25) is 0 Å². The van der Waals surface area contributed by atoms with Crippen molar-refractivity contribution in [2.45, 2.75) is 26.8 Å². The lowest BCUT2D eigenvalue weighted by Crippen LogP contribution is -2.14. The zero-order valence-electron chi connectivity index (χ0n) is 12.2. The van der Waals surface area contributed by atoms with Gasteiger partial charge in [0.05, 0.1) is 0 Å². The van der Waals surface area contributed by atoms with Crippen LogP contribution < -0.4 is 10.1 Å². The molecule has 1 N–H and O–H groups in total. The molecule has 0 bridgehead atoms. The summed E-state index contributed by atoms with van der Waals surface area (Å²) in [5, 5.41) is 3.21. The summed E-state index contributed by atoms with van der Waals surface area (Å²) >= 11 is 0. The molecule has 0 aliphatic carbocycles. The van der Waals surface area contributed by atoms with Gasteiger partial charge in [0.1, 0.15) is 23.1 Å². The van der Waals surface area contributed by atoms with E-state index in [1.54, 1.807) is 12.1 Å². The summed E-state index contributed by atoms with van der Waals surface area (Å²) in [6.07, 6.45) is 0.995. The molecular formula is C17H19F2NO. The largest absolute Gasteiger partial charge is 0.457 e. The highest BCUT2D eigenvalue weighted by molar-refractivity contribution is 5.41. The van der Waals surface area contributed by atoms with Crippen LogP contribution in [0.3, 0.4) is 0 Å². The Morgan fingerprint density at radius 1 is 1.00 bits per heavy atom. The molecule has 4 heteroatoms. The van der Waals surface area contributed by atoms with Crippen LogP contribution in [0.5, 0.6) is 11.5 Å². The predicted molar refractivity (Wildman–Crippen MR) is 79.6 cm³/mol. The van der Waals surface area contributed by atoms with Crippen molar-refractivity contribution >= 4 is 0 Å². The number of benzene rings is 2. The predicted octanol–water partition coefficient (Wildman–Crippen LogP) is 4.57. The Morgan fingerprint density at radius 3 is 2.48 bits per heavy atom. The van der Waals surface area contributed by atoms with Gasteiger partial charge in [-0.25, -0.2) is 8.78 Å². The first-order valence-corrected chi connectivity index (χ1v) is 7.03. The number of halogens is 2. The minimum absolute atomic E-state index is 0.313. The first-order valence-electron chi connectivity index (χ1n) is 7.03. The van der Waals surface area contributed by atoms with E-state index >= 15 is 0 Å². The highest BCUT2D eigenvalue weighted by atomic mass is 19.1. The normalized spacial score (nSPS) is 10.7. The maximum absolute atomic E-state index is 13.4. The molecule has 2 aromatic carbocycles. The maximum atomic E-state index is 13.4. The van der Waals surface area contributed by atoms with Crippen molar-refractivity contribution in [3.05, 3.63) is 59.2 Å². The first-order chi connectivity index (χ1) is 10.1. The van der Waals surface area contributed by atoms with E-state index in [0.717, 1.165) is 18.5 Å². The second kappa shape index (κ2) is 7.18. The molecular weight excluding hydrogens is 272 g/mol.